The highest BCUT2D eigenvalue weighted by atomic mass is 16.5. The van der Waals surface area contributed by atoms with Gasteiger partial charge >= 0.3 is 5.97 Å². The summed E-state index contributed by atoms with van der Waals surface area (Å²) in [5.41, 5.74) is -1.11. The summed E-state index contributed by atoms with van der Waals surface area (Å²) in [4.78, 5) is 25.7. The minimum absolute atomic E-state index is 0.157. The van der Waals surface area contributed by atoms with Gasteiger partial charge < -0.3 is 9.84 Å². The number of ether oxygens (including phenoxy) is 1. The zero-order valence-corrected chi connectivity index (χ0v) is 11.4. The fourth-order valence-corrected chi connectivity index (χ4v) is 2.00. The zero-order chi connectivity index (χ0) is 13.8. The molecule has 1 N–H and O–H groups in total. The van der Waals surface area contributed by atoms with Crippen LogP contribution in [-0.4, -0.2) is 54.1 Å². The molecule has 1 aliphatic heterocycles. The summed E-state index contributed by atoms with van der Waals surface area (Å²) in [5, 5.41) is 9.54. The van der Waals surface area contributed by atoms with Gasteiger partial charge in [-0.05, 0) is 40.2 Å². The molecule has 0 bridgehead atoms. The predicted molar refractivity (Wildman–Crippen MR) is 67.1 cm³/mol. The Balaban J connectivity index is 2.55. The van der Waals surface area contributed by atoms with Gasteiger partial charge in [0, 0.05) is 6.54 Å². The molecule has 0 aromatic rings. The number of likely N-dealkylation sites (tertiary alicyclic amines) is 1. The molecule has 1 fully saturated rings. The van der Waals surface area contributed by atoms with Crippen LogP contribution in [0.5, 0.6) is 0 Å². The molecule has 0 aromatic heterocycles. The fourth-order valence-electron chi connectivity index (χ4n) is 2.00. The van der Waals surface area contributed by atoms with Crippen molar-refractivity contribution in [3.05, 3.63) is 0 Å². The van der Waals surface area contributed by atoms with E-state index < -0.39 is 11.4 Å². The van der Waals surface area contributed by atoms with Crippen LogP contribution in [0, 0.1) is 5.41 Å². The first-order valence-electron chi connectivity index (χ1n) is 6.49. The number of carbonyl (C=O) groups is 2. The van der Waals surface area contributed by atoms with Crippen LogP contribution in [0.2, 0.25) is 0 Å². The number of esters is 1. The van der Waals surface area contributed by atoms with Crippen LogP contribution in [0.25, 0.3) is 0 Å². The van der Waals surface area contributed by atoms with Crippen LogP contribution >= 0.6 is 0 Å². The quantitative estimate of drug-likeness (QED) is 0.577. The number of Topliss-reactive ketones (excluding diaryl/α,β-unsaturated/α-hetero) is 1. The summed E-state index contributed by atoms with van der Waals surface area (Å²) < 4.78 is 4.91. The lowest BCUT2D eigenvalue weighted by Gasteiger charge is -2.31. The number of piperidine rings is 1. The lowest BCUT2D eigenvalue weighted by atomic mass is 9.87. The number of rotatable bonds is 5. The van der Waals surface area contributed by atoms with Crippen molar-refractivity contribution in [2.24, 2.45) is 5.41 Å². The highest BCUT2D eigenvalue weighted by Crippen LogP contribution is 2.20. The van der Waals surface area contributed by atoms with Gasteiger partial charge in [-0.3, -0.25) is 14.5 Å². The summed E-state index contributed by atoms with van der Waals surface area (Å²) in [6.07, 6.45) is 1.30. The first kappa shape index (κ1) is 15.1. The summed E-state index contributed by atoms with van der Waals surface area (Å²) in [5.74, 6) is -0.636. The second-order valence-electron chi connectivity index (χ2n) is 5.30. The van der Waals surface area contributed by atoms with Crippen LogP contribution < -0.4 is 0 Å². The van der Waals surface area contributed by atoms with E-state index in [2.05, 4.69) is 0 Å². The average Bonchev–Trinajstić information content (AvgIpc) is 2.29. The maximum atomic E-state index is 12.1. The van der Waals surface area contributed by atoms with Crippen molar-refractivity contribution in [1.29, 1.82) is 0 Å². The van der Waals surface area contributed by atoms with E-state index in [9.17, 15) is 14.7 Å². The number of ketones is 1. The van der Waals surface area contributed by atoms with Gasteiger partial charge in [0.05, 0.1) is 19.3 Å². The Morgan fingerprint density at radius 2 is 2.11 bits per heavy atom. The molecular weight excluding hydrogens is 234 g/mol. The summed E-state index contributed by atoms with van der Waals surface area (Å²) in [7, 11) is 0. The van der Waals surface area contributed by atoms with Crippen LogP contribution in [-0.2, 0) is 14.3 Å². The van der Waals surface area contributed by atoms with E-state index in [0.717, 1.165) is 19.4 Å². The second kappa shape index (κ2) is 6.29. The van der Waals surface area contributed by atoms with Crippen LogP contribution in [0.15, 0.2) is 0 Å². The largest absolute Gasteiger partial charge is 0.465 e. The molecule has 0 radical (unpaired) electrons. The molecule has 1 atom stereocenters. The van der Waals surface area contributed by atoms with Crippen LogP contribution in [0.1, 0.15) is 33.6 Å². The van der Waals surface area contributed by atoms with Gasteiger partial charge in [-0.15, -0.1) is 0 Å². The molecule has 5 heteroatoms. The molecule has 1 rings (SSSR count). The minimum atomic E-state index is -1.11. The van der Waals surface area contributed by atoms with E-state index in [0.29, 0.717) is 6.54 Å². The first-order chi connectivity index (χ1) is 8.37. The first-order valence-corrected chi connectivity index (χ1v) is 6.49. The Kier molecular flexibility index (Phi) is 5.28. The standard InChI is InChI=1S/C13H23NO4/c1-4-18-12(17)13(2,3)11(16)9-14-7-5-6-10(15)8-14/h10,15H,4-9H2,1-3H3. The summed E-state index contributed by atoms with van der Waals surface area (Å²) in [6, 6.07) is 0. The molecule has 0 amide bonds. The van der Waals surface area contributed by atoms with Gasteiger partial charge in [0.25, 0.3) is 0 Å². The van der Waals surface area contributed by atoms with E-state index >= 15 is 0 Å². The number of nitrogens with zero attached hydrogens (tertiary/aromatic N) is 1. The van der Waals surface area contributed by atoms with Crippen molar-refractivity contribution in [3.63, 3.8) is 0 Å². The van der Waals surface area contributed by atoms with Gasteiger partial charge in [0.2, 0.25) is 0 Å². The van der Waals surface area contributed by atoms with Gasteiger partial charge in [0.1, 0.15) is 5.41 Å². The minimum Gasteiger partial charge on any atom is -0.465 e. The monoisotopic (exact) mass is 257 g/mol. The predicted octanol–water partition coefficient (Wildman–Crippen LogP) is 0.601. The fraction of sp³-hybridized carbons (Fsp3) is 0.846. The van der Waals surface area contributed by atoms with E-state index in [1.54, 1.807) is 20.8 Å². The van der Waals surface area contributed by atoms with E-state index in [1.807, 2.05) is 4.90 Å². The number of hydrogen-bond donors (Lipinski definition) is 1. The molecule has 1 saturated heterocycles. The van der Waals surface area contributed by atoms with Crippen molar-refractivity contribution in [1.82, 2.24) is 4.90 Å². The van der Waals surface area contributed by atoms with Crippen LogP contribution in [0.4, 0.5) is 0 Å². The highest BCUT2D eigenvalue weighted by molar-refractivity contribution is 6.03. The van der Waals surface area contributed by atoms with E-state index in [-0.39, 0.29) is 25.0 Å². The lowest BCUT2D eigenvalue weighted by molar-refractivity contribution is -0.158. The third-order valence-electron chi connectivity index (χ3n) is 3.33. The molecule has 1 heterocycles. The van der Waals surface area contributed by atoms with Crippen molar-refractivity contribution in [2.75, 3.05) is 26.2 Å². The molecule has 1 aliphatic rings. The number of β-amino-alcohol motifs (C(OH)–C–C–N with tert-alkyl or cyclic N) is 1. The maximum Gasteiger partial charge on any atom is 0.319 e. The Hall–Kier alpha value is -0.940. The number of aliphatic hydroxyl groups is 1. The van der Waals surface area contributed by atoms with Crippen molar-refractivity contribution >= 4 is 11.8 Å². The maximum absolute atomic E-state index is 12.1. The molecule has 5 nitrogen and oxygen atoms in total. The van der Waals surface area contributed by atoms with Gasteiger partial charge in [0.15, 0.2) is 5.78 Å². The number of carbonyl (C=O) groups excluding carboxylic acids is 2. The average molecular weight is 257 g/mol. The van der Waals surface area contributed by atoms with Gasteiger partial charge in [-0.1, -0.05) is 0 Å². The molecule has 0 aromatic carbocycles. The number of hydrogen-bond acceptors (Lipinski definition) is 5. The number of aliphatic hydroxyl groups excluding tert-OH is 1. The Bertz CT molecular complexity index is 314. The summed E-state index contributed by atoms with van der Waals surface area (Å²) in [6.45, 7) is 6.67. The normalized spacial score (nSPS) is 21.7. The summed E-state index contributed by atoms with van der Waals surface area (Å²) >= 11 is 0. The third-order valence-corrected chi connectivity index (χ3v) is 3.33. The van der Waals surface area contributed by atoms with Gasteiger partial charge in [-0.2, -0.15) is 0 Å². The van der Waals surface area contributed by atoms with Crippen molar-refractivity contribution in [3.8, 4) is 0 Å². The molecule has 0 spiro atoms. The molecular formula is C13H23NO4. The molecule has 1 unspecified atom stereocenters. The second-order valence-corrected chi connectivity index (χ2v) is 5.30. The van der Waals surface area contributed by atoms with E-state index in [4.69, 9.17) is 4.74 Å². The Morgan fingerprint density at radius 3 is 2.67 bits per heavy atom. The lowest BCUT2D eigenvalue weighted by Crippen LogP contribution is -2.46. The molecule has 18 heavy (non-hydrogen) atoms. The molecule has 0 aliphatic carbocycles. The van der Waals surface area contributed by atoms with Crippen LogP contribution in [0.3, 0.4) is 0 Å². The Labute approximate surface area is 108 Å². The SMILES string of the molecule is CCOC(=O)C(C)(C)C(=O)CN1CCCC(O)C1. The third kappa shape index (κ3) is 3.78. The topological polar surface area (TPSA) is 66.8 Å². The van der Waals surface area contributed by atoms with Crippen molar-refractivity contribution < 1.29 is 19.4 Å². The molecule has 104 valence electrons. The zero-order valence-electron chi connectivity index (χ0n) is 11.4. The van der Waals surface area contributed by atoms with E-state index in [1.165, 1.54) is 0 Å². The molecule has 0 saturated carbocycles. The van der Waals surface area contributed by atoms with Crippen molar-refractivity contribution in [2.45, 2.75) is 39.7 Å². The smallest absolute Gasteiger partial charge is 0.319 e. The van der Waals surface area contributed by atoms with Gasteiger partial charge in [-0.25, -0.2) is 0 Å². The highest BCUT2D eigenvalue weighted by Gasteiger charge is 2.38. The Morgan fingerprint density at radius 1 is 1.44 bits per heavy atom.